The van der Waals surface area contributed by atoms with Crippen molar-refractivity contribution in [3.05, 3.63) is 17.8 Å². The second-order valence-electron chi connectivity index (χ2n) is 11.8. The van der Waals surface area contributed by atoms with Crippen molar-refractivity contribution in [1.29, 1.82) is 0 Å². The van der Waals surface area contributed by atoms with E-state index in [4.69, 9.17) is 33.9 Å². The highest BCUT2D eigenvalue weighted by Crippen LogP contribution is 2.46. The molecule has 2 unspecified atom stereocenters. The average Bonchev–Trinajstić information content (AvgIpc) is 3.80. The summed E-state index contributed by atoms with van der Waals surface area (Å²) < 4.78 is 0. The highest BCUT2D eigenvalue weighted by atomic mass is 35.5. The minimum Gasteiger partial charge on any atom is -0.396 e. The largest absolute Gasteiger partial charge is 0.396 e. The minimum absolute atomic E-state index is 0.134. The second-order valence-corrected chi connectivity index (χ2v) is 12.2. The predicted molar refractivity (Wildman–Crippen MR) is 165 cm³/mol. The standard InChI is InChI=1S/C12H16N6.C7H13N.C5H4ClN5.C4H10O/c13-12-17-10-9(14-5-15-10)11(18-12)16-8-4-6-1-2-7(8)3-6;8-7-4-5-1-2-6(7)3-5;6-3-2-4(9-1-8-2)11-5(7)10-3;1-2-3-4-5/h5-8H,1-4H2,(H4,13,14,15,16,17,18);5-7H,1-4,8H2;1H,(H3,7,8,9,10,11);5H,2-4H2,1H3/t6?,7-,8?;5-,6+,7+;;/m10../s1. The number of imidazole rings is 2. The number of aromatic nitrogens is 8. The first-order valence-corrected chi connectivity index (χ1v) is 15.4. The van der Waals surface area contributed by atoms with Gasteiger partial charge >= 0.3 is 0 Å². The highest BCUT2D eigenvalue weighted by molar-refractivity contribution is 6.33. The molecule has 228 valence electrons. The lowest BCUT2D eigenvalue weighted by Gasteiger charge is -2.23. The normalized spacial score (nSPS) is 26.8. The number of nitrogens with two attached hydrogens (primary N) is 3. The molecule has 4 bridgehead atoms. The van der Waals surface area contributed by atoms with E-state index in [1.807, 2.05) is 0 Å². The molecule has 0 amide bonds. The molecule has 4 aromatic rings. The molecule has 0 saturated heterocycles. The number of hydrogen-bond donors (Lipinski definition) is 7. The van der Waals surface area contributed by atoms with Crippen LogP contribution in [0.2, 0.25) is 5.15 Å². The molecule has 42 heavy (non-hydrogen) atoms. The molecule has 4 aliphatic carbocycles. The van der Waals surface area contributed by atoms with Gasteiger partial charge in [0.15, 0.2) is 22.3 Å². The van der Waals surface area contributed by atoms with Gasteiger partial charge in [-0.25, -0.2) is 9.97 Å². The second kappa shape index (κ2) is 13.8. The van der Waals surface area contributed by atoms with Crippen molar-refractivity contribution in [2.45, 2.75) is 83.2 Å². The smallest absolute Gasteiger partial charge is 0.224 e. The zero-order chi connectivity index (χ0) is 29.6. The van der Waals surface area contributed by atoms with E-state index in [0.717, 1.165) is 47.8 Å². The molecule has 0 aliphatic heterocycles. The Morgan fingerprint density at radius 2 is 1.48 bits per heavy atom. The molecule has 4 saturated carbocycles. The number of nitrogens with zero attached hydrogens (tertiary/aromatic N) is 6. The molecule has 4 aromatic heterocycles. The van der Waals surface area contributed by atoms with E-state index >= 15 is 0 Å². The van der Waals surface area contributed by atoms with Crippen LogP contribution >= 0.6 is 11.6 Å². The van der Waals surface area contributed by atoms with Gasteiger partial charge in [-0.1, -0.05) is 37.8 Å². The summed E-state index contributed by atoms with van der Waals surface area (Å²) in [6.45, 7) is 2.40. The molecule has 10 N–H and O–H groups in total. The fraction of sp³-hybridized carbons (Fsp3) is 0.643. The van der Waals surface area contributed by atoms with Gasteiger partial charge in [-0.2, -0.15) is 19.9 Å². The van der Waals surface area contributed by atoms with E-state index in [0.29, 0.717) is 40.7 Å². The van der Waals surface area contributed by atoms with Gasteiger partial charge in [-0.15, -0.1) is 0 Å². The van der Waals surface area contributed by atoms with Gasteiger partial charge in [0.1, 0.15) is 11.0 Å². The summed E-state index contributed by atoms with van der Waals surface area (Å²) in [5.74, 6) is 4.85. The summed E-state index contributed by atoms with van der Waals surface area (Å²) in [4.78, 5) is 29.9. The van der Waals surface area contributed by atoms with Crippen LogP contribution in [-0.4, -0.2) is 63.7 Å². The zero-order valence-corrected chi connectivity index (χ0v) is 24.9. The van der Waals surface area contributed by atoms with E-state index in [1.54, 1.807) is 6.33 Å². The Hall–Kier alpha value is -3.29. The number of hydrogen-bond acceptors (Lipinski definition) is 11. The number of aliphatic hydroxyl groups is 1. The monoisotopic (exact) mass is 598 g/mol. The molecule has 4 aliphatic rings. The van der Waals surface area contributed by atoms with Gasteiger partial charge < -0.3 is 37.6 Å². The SMILES string of the molecule is CCCCO.N[C@@H]1C[C@H]2CC[C@@H]1C2.Nc1nc(Cl)c2[nH]cnc2n1.Nc1nc(NC2CC3CC[C@@H]2C3)c2[nH]cnc2n1. The molecule has 4 heterocycles. The van der Waals surface area contributed by atoms with Crippen LogP contribution in [0.1, 0.15) is 71.1 Å². The first-order valence-electron chi connectivity index (χ1n) is 15.1. The lowest BCUT2D eigenvalue weighted by atomic mass is 9.95. The Bertz CT molecular complexity index is 1440. The maximum atomic E-state index is 8.07. The van der Waals surface area contributed by atoms with Gasteiger partial charge in [0.2, 0.25) is 11.9 Å². The molecular formula is C28H43ClN12O. The summed E-state index contributed by atoms with van der Waals surface area (Å²) in [5.41, 5.74) is 19.4. The number of unbranched alkanes of at least 4 members (excludes halogenated alkanes) is 1. The number of fused-ring (bicyclic) bond motifs is 6. The van der Waals surface area contributed by atoms with Crippen molar-refractivity contribution in [3.63, 3.8) is 0 Å². The number of nitrogen functional groups attached to an aromatic ring is 2. The zero-order valence-electron chi connectivity index (χ0n) is 24.1. The molecule has 13 nitrogen and oxygen atoms in total. The number of halogens is 1. The molecule has 14 heteroatoms. The number of H-pyrrole nitrogens is 2. The van der Waals surface area contributed by atoms with Crippen LogP contribution in [0.4, 0.5) is 17.7 Å². The highest BCUT2D eigenvalue weighted by Gasteiger charge is 2.40. The van der Waals surface area contributed by atoms with Gasteiger partial charge in [-0.3, -0.25) is 0 Å². The third-order valence-electron chi connectivity index (χ3n) is 8.93. The summed E-state index contributed by atoms with van der Waals surface area (Å²) >= 11 is 5.70. The van der Waals surface area contributed by atoms with Crippen LogP contribution in [0.5, 0.6) is 0 Å². The van der Waals surface area contributed by atoms with E-state index < -0.39 is 0 Å². The molecular weight excluding hydrogens is 556 g/mol. The third kappa shape index (κ3) is 7.19. The Labute approximate surface area is 250 Å². The lowest BCUT2D eigenvalue weighted by Crippen LogP contribution is -2.26. The minimum atomic E-state index is 0.134. The first kappa shape index (κ1) is 30.2. The van der Waals surface area contributed by atoms with Crippen molar-refractivity contribution in [3.8, 4) is 0 Å². The van der Waals surface area contributed by atoms with E-state index in [-0.39, 0.29) is 11.9 Å². The van der Waals surface area contributed by atoms with Crippen molar-refractivity contribution >= 4 is 51.6 Å². The lowest BCUT2D eigenvalue weighted by molar-refractivity contribution is 0.287. The predicted octanol–water partition coefficient (Wildman–Crippen LogP) is 4.04. The van der Waals surface area contributed by atoms with Gasteiger partial charge in [0, 0.05) is 18.7 Å². The fourth-order valence-electron chi connectivity index (χ4n) is 6.82. The summed E-state index contributed by atoms with van der Waals surface area (Å²) in [5, 5.41) is 11.9. The van der Waals surface area contributed by atoms with Crippen LogP contribution in [0.3, 0.4) is 0 Å². The van der Waals surface area contributed by atoms with E-state index in [2.05, 4.69) is 52.1 Å². The number of aliphatic hydroxyl groups excluding tert-OH is 1. The van der Waals surface area contributed by atoms with Crippen LogP contribution in [0, 0.1) is 23.7 Å². The molecule has 0 spiro atoms. The van der Waals surface area contributed by atoms with Crippen LogP contribution in [-0.2, 0) is 0 Å². The first-order chi connectivity index (χ1) is 20.3. The van der Waals surface area contributed by atoms with Crippen molar-refractivity contribution in [2.24, 2.45) is 29.4 Å². The maximum absolute atomic E-state index is 8.07. The van der Waals surface area contributed by atoms with Gasteiger partial charge in [0.05, 0.1) is 12.7 Å². The van der Waals surface area contributed by atoms with Gasteiger partial charge in [-0.05, 0) is 68.6 Å². The number of aromatic amines is 2. The van der Waals surface area contributed by atoms with Crippen LogP contribution in [0.25, 0.3) is 22.3 Å². The van der Waals surface area contributed by atoms with Crippen molar-refractivity contribution < 1.29 is 5.11 Å². The number of rotatable bonds is 4. The van der Waals surface area contributed by atoms with Crippen LogP contribution in [0.15, 0.2) is 12.7 Å². The Balaban J connectivity index is 0.000000125. The quantitative estimate of drug-likeness (QED) is 0.166. The maximum Gasteiger partial charge on any atom is 0.224 e. The van der Waals surface area contributed by atoms with Crippen molar-refractivity contribution in [1.82, 2.24) is 39.9 Å². The average molecular weight is 599 g/mol. The van der Waals surface area contributed by atoms with Crippen molar-refractivity contribution in [2.75, 3.05) is 23.4 Å². The fourth-order valence-corrected chi connectivity index (χ4v) is 7.04. The van der Waals surface area contributed by atoms with Crippen LogP contribution < -0.4 is 22.5 Å². The van der Waals surface area contributed by atoms with E-state index in [1.165, 1.54) is 57.7 Å². The summed E-state index contributed by atoms with van der Waals surface area (Å²) in [7, 11) is 0. The topological polar surface area (TPSA) is 219 Å². The van der Waals surface area contributed by atoms with Gasteiger partial charge in [0.25, 0.3) is 0 Å². The molecule has 4 fully saturated rings. The Morgan fingerprint density at radius 1 is 0.857 bits per heavy atom. The Kier molecular flexibility index (Phi) is 9.91. The third-order valence-corrected chi connectivity index (χ3v) is 9.20. The molecule has 0 aromatic carbocycles. The number of nitrogens with one attached hydrogen (secondary N) is 3. The Morgan fingerprint density at radius 3 is 1.98 bits per heavy atom. The van der Waals surface area contributed by atoms with E-state index in [9.17, 15) is 0 Å². The molecule has 6 atom stereocenters. The summed E-state index contributed by atoms with van der Waals surface area (Å²) in [6.07, 6.45) is 16.2. The molecule has 0 radical (unpaired) electrons. The number of anilines is 3. The molecule has 8 rings (SSSR count). The summed E-state index contributed by atoms with van der Waals surface area (Å²) in [6, 6.07) is 1.11.